The third-order valence-electron chi connectivity index (χ3n) is 2.05. The van der Waals surface area contributed by atoms with Crippen molar-refractivity contribution in [2.24, 2.45) is 0 Å². The van der Waals surface area contributed by atoms with Gasteiger partial charge in [0.1, 0.15) is 12.4 Å². The third kappa shape index (κ3) is 2.00. The molecule has 0 saturated carbocycles. The molecule has 2 rings (SSSR count). The van der Waals surface area contributed by atoms with Gasteiger partial charge in [-0.05, 0) is 12.1 Å². The van der Waals surface area contributed by atoms with Crippen molar-refractivity contribution in [3.8, 4) is 11.3 Å². The van der Waals surface area contributed by atoms with Gasteiger partial charge in [-0.15, -0.1) is 0 Å². The zero-order valence-corrected chi connectivity index (χ0v) is 8.37. The fourth-order valence-electron chi connectivity index (χ4n) is 1.34. The van der Waals surface area contributed by atoms with Crippen LogP contribution in [0.1, 0.15) is 0 Å². The first-order valence-electron chi connectivity index (χ1n) is 4.62. The smallest absolute Gasteiger partial charge is 0.325 e. The van der Waals surface area contributed by atoms with Gasteiger partial charge in [-0.1, -0.05) is 0 Å². The predicted octanol–water partition coefficient (Wildman–Crippen LogP) is 0.612. The molecule has 0 aromatic carbocycles. The van der Waals surface area contributed by atoms with Crippen molar-refractivity contribution in [2.45, 2.75) is 6.54 Å². The van der Waals surface area contributed by atoms with Crippen molar-refractivity contribution in [1.29, 1.82) is 0 Å². The summed E-state index contributed by atoms with van der Waals surface area (Å²) in [6.07, 6.45) is 3.30. The first kappa shape index (κ1) is 10.2. The number of rotatable bonds is 3. The maximum Gasteiger partial charge on any atom is 0.325 e. The summed E-state index contributed by atoms with van der Waals surface area (Å²) in [5.74, 6) is -0.659. The molecule has 2 heterocycles. The zero-order chi connectivity index (χ0) is 11.5. The molecule has 2 aromatic rings. The molecule has 6 heteroatoms. The van der Waals surface area contributed by atoms with Crippen LogP contribution in [0.4, 0.5) is 5.82 Å². The standard InChI is InChI=1S/C10H10N4O2/c11-9-4-8(7-2-1-3-12-5-7)13-14(9)6-10(15)16/h1-5H,6,11H2,(H,15,16). The molecule has 0 saturated heterocycles. The van der Waals surface area contributed by atoms with Gasteiger partial charge in [-0.2, -0.15) is 5.10 Å². The minimum atomic E-state index is -0.979. The molecular formula is C10H10N4O2. The molecule has 0 fully saturated rings. The average Bonchev–Trinajstić information content (AvgIpc) is 2.61. The van der Waals surface area contributed by atoms with Crippen LogP contribution in [0.3, 0.4) is 0 Å². The van der Waals surface area contributed by atoms with Gasteiger partial charge < -0.3 is 10.8 Å². The molecule has 0 aliphatic heterocycles. The Hall–Kier alpha value is -2.37. The molecule has 82 valence electrons. The Labute approximate surface area is 91.3 Å². The highest BCUT2D eigenvalue weighted by atomic mass is 16.4. The van der Waals surface area contributed by atoms with Crippen LogP contribution in [0.25, 0.3) is 11.3 Å². The number of nitrogen functional groups attached to an aromatic ring is 1. The van der Waals surface area contributed by atoms with Crippen molar-refractivity contribution in [1.82, 2.24) is 14.8 Å². The minimum Gasteiger partial charge on any atom is -0.480 e. The SMILES string of the molecule is Nc1cc(-c2cccnc2)nn1CC(=O)O. The quantitative estimate of drug-likeness (QED) is 0.787. The summed E-state index contributed by atoms with van der Waals surface area (Å²) < 4.78 is 1.24. The van der Waals surface area contributed by atoms with Crippen LogP contribution in [0.15, 0.2) is 30.6 Å². The summed E-state index contributed by atoms with van der Waals surface area (Å²) in [6.45, 7) is -0.244. The Kier molecular flexibility index (Phi) is 2.55. The maximum atomic E-state index is 10.5. The number of anilines is 1. The van der Waals surface area contributed by atoms with Crippen LogP contribution in [0.2, 0.25) is 0 Å². The van der Waals surface area contributed by atoms with Gasteiger partial charge in [-0.3, -0.25) is 9.78 Å². The number of carboxylic acid groups (broad SMARTS) is 1. The number of aromatic nitrogens is 3. The van der Waals surface area contributed by atoms with Gasteiger partial charge in [-0.25, -0.2) is 4.68 Å². The van der Waals surface area contributed by atoms with Crippen LogP contribution in [0.5, 0.6) is 0 Å². The lowest BCUT2D eigenvalue weighted by Gasteiger charge is -1.98. The Morgan fingerprint density at radius 3 is 3.00 bits per heavy atom. The molecule has 0 atom stereocenters. The molecule has 0 aliphatic rings. The van der Waals surface area contributed by atoms with Crippen molar-refractivity contribution >= 4 is 11.8 Å². The Bertz CT molecular complexity index is 507. The van der Waals surface area contributed by atoms with E-state index in [4.69, 9.17) is 10.8 Å². The summed E-state index contributed by atoms with van der Waals surface area (Å²) in [7, 11) is 0. The van der Waals surface area contributed by atoms with E-state index >= 15 is 0 Å². The zero-order valence-electron chi connectivity index (χ0n) is 8.37. The summed E-state index contributed by atoms with van der Waals surface area (Å²) in [5.41, 5.74) is 7.07. The Balaban J connectivity index is 2.34. The number of carboxylic acids is 1. The largest absolute Gasteiger partial charge is 0.480 e. The van der Waals surface area contributed by atoms with E-state index in [9.17, 15) is 4.79 Å². The first-order valence-corrected chi connectivity index (χ1v) is 4.62. The second kappa shape index (κ2) is 4.01. The molecule has 0 bridgehead atoms. The molecule has 6 nitrogen and oxygen atoms in total. The predicted molar refractivity (Wildman–Crippen MR) is 57.5 cm³/mol. The Morgan fingerprint density at radius 1 is 1.56 bits per heavy atom. The summed E-state index contributed by atoms with van der Waals surface area (Å²) in [4.78, 5) is 14.5. The van der Waals surface area contributed by atoms with Gasteiger partial charge in [0, 0.05) is 24.0 Å². The number of hydrogen-bond acceptors (Lipinski definition) is 4. The van der Waals surface area contributed by atoms with E-state index in [-0.39, 0.29) is 6.54 Å². The number of nitrogens with two attached hydrogens (primary N) is 1. The van der Waals surface area contributed by atoms with E-state index in [1.165, 1.54) is 4.68 Å². The number of aliphatic carboxylic acids is 1. The molecule has 0 aliphatic carbocycles. The summed E-state index contributed by atoms with van der Waals surface area (Å²) in [6, 6.07) is 5.24. The molecule has 2 aromatic heterocycles. The molecule has 16 heavy (non-hydrogen) atoms. The monoisotopic (exact) mass is 218 g/mol. The highest BCUT2D eigenvalue weighted by molar-refractivity contribution is 5.68. The number of pyridine rings is 1. The fourth-order valence-corrected chi connectivity index (χ4v) is 1.34. The minimum absolute atomic E-state index is 0.244. The molecule has 0 unspecified atom stereocenters. The van der Waals surface area contributed by atoms with E-state index in [0.29, 0.717) is 11.5 Å². The lowest BCUT2D eigenvalue weighted by molar-refractivity contribution is -0.137. The van der Waals surface area contributed by atoms with E-state index in [0.717, 1.165) is 5.56 Å². The second-order valence-corrected chi connectivity index (χ2v) is 3.25. The van der Waals surface area contributed by atoms with E-state index in [2.05, 4.69) is 10.1 Å². The van der Waals surface area contributed by atoms with Gasteiger partial charge in [0.15, 0.2) is 0 Å². The molecular weight excluding hydrogens is 208 g/mol. The molecule has 0 amide bonds. The van der Waals surface area contributed by atoms with E-state index < -0.39 is 5.97 Å². The second-order valence-electron chi connectivity index (χ2n) is 3.25. The number of hydrogen-bond donors (Lipinski definition) is 2. The van der Waals surface area contributed by atoms with Crippen molar-refractivity contribution in [3.63, 3.8) is 0 Å². The lowest BCUT2D eigenvalue weighted by atomic mass is 10.2. The highest BCUT2D eigenvalue weighted by Crippen LogP contribution is 2.18. The van der Waals surface area contributed by atoms with Crippen LogP contribution in [0, 0.1) is 0 Å². The van der Waals surface area contributed by atoms with Crippen LogP contribution in [-0.4, -0.2) is 25.8 Å². The van der Waals surface area contributed by atoms with Crippen LogP contribution >= 0.6 is 0 Å². The maximum absolute atomic E-state index is 10.5. The number of carbonyl (C=O) groups is 1. The average molecular weight is 218 g/mol. The van der Waals surface area contributed by atoms with Gasteiger partial charge in [0.25, 0.3) is 0 Å². The van der Waals surface area contributed by atoms with E-state index in [1.54, 1.807) is 24.5 Å². The van der Waals surface area contributed by atoms with E-state index in [1.807, 2.05) is 6.07 Å². The topological polar surface area (TPSA) is 94.0 Å². The summed E-state index contributed by atoms with van der Waals surface area (Å²) in [5, 5.41) is 12.7. The fraction of sp³-hybridized carbons (Fsp3) is 0.100. The summed E-state index contributed by atoms with van der Waals surface area (Å²) >= 11 is 0. The van der Waals surface area contributed by atoms with Crippen LogP contribution < -0.4 is 5.73 Å². The molecule has 0 spiro atoms. The van der Waals surface area contributed by atoms with Crippen molar-refractivity contribution in [2.75, 3.05) is 5.73 Å². The normalized spacial score (nSPS) is 10.2. The van der Waals surface area contributed by atoms with Crippen molar-refractivity contribution < 1.29 is 9.90 Å². The number of nitrogens with zero attached hydrogens (tertiary/aromatic N) is 3. The first-order chi connectivity index (χ1) is 7.66. The highest BCUT2D eigenvalue weighted by Gasteiger charge is 2.09. The Morgan fingerprint density at radius 2 is 2.38 bits per heavy atom. The van der Waals surface area contributed by atoms with Crippen LogP contribution in [-0.2, 0) is 11.3 Å². The third-order valence-corrected chi connectivity index (χ3v) is 2.05. The van der Waals surface area contributed by atoms with Gasteiger partial charge >= 0.3 is 5.97 Å². The van der Waals surface area contributed by atoms with Gasteiger partial charge in [0.05, 0.1) is 5.69 Å². The van der Waals surface area contributed by atoms with Gasteiger partial charge in [0.2, 0.25) is 0 Å². The molecule has 3 N–H and O–H groups in total. The molecule has 0 radical (unpaired) electrons. The lowest BCUT2D eigenvalue weighted by Crippen LogP contribution is -2.12. The van der Waals surface area contributed by atoms with Crippen molar-refractivity contribution in [3.05, 3.63) is 30.6 Å².